The summed E-state index contributed by atoms with van der Waals surface area (Å²) in [5.41, 5.74) is 6.79. The van der Waals surface area contributed by atoms with Crippen molar-refractivity contribution in [1.82, 2.24) is 0 Å². The van der Waals surface area contributed by atoms with Crippen LogP contribution in [0.1, 0.15) is 38.7 Å². The zero-order valence-electron chi connectivity index (χ0n) is 12.7. The fraction of sp³-hybridized carbons (Fsp3) is 0.625. The fourth-order valence-electron chi connectivity index (χ4n) is 3.43. The van der Waals surface area contributed by atoms with E-state index in [1.165, 1.54) is 12.1 Å². The lowest BCUT2D eigenvalue weighted by molar-refractivity contribution is -0.384. The highest BCUT2D eigenvalue weighted by atomic mass is 16.6. The molecule has 1 aliphatic rings. The van der Waals surface area contributed by atoms with E-state index in [2.05, 4.69) is 13.8 Å². The van der Waals surface area contributed by atoms with Crippen molar-refractivity contribution in [1.29, 1.82) is 0 Å². The summed E-state index contributed by atoms with van der Waals surface area (Å²) in [5.74, 6) is 0. The van der Waals surface area contributed by atoms with Crippen LogP contribution in [0.2, 0.25) is 0 Å². The second-order valence-electron chi connectivity index (χ2n) is 6.88. The molecule has 1 fully saturated rings. The van der Waals surface area contributed by atoms with Crippen molar-refractivity contribution in [2.75, 3.05) is 6.54 Å². The van der Waals surface area contributed by atoms with Gasteiger partial charge >= 0.3 is 0 Å². The smallest absolute Gasteiger partial charge is 0.269 e. The summed E-state index contributed by atoms with van der Waals surface area (Å²) in [6.07, 6.45) is 3.11. The molecule has 5 heteroatoms. The predicted octanol–water partition coefficient (Wildman–Crippen LogP) is 2.65. The highest BCUT2D eigenvalue weighted by Crippen LogP contribution is 2.51. The first-order chi connectivity index (χ1) is 9.81. The molecule has 0 heterocycles. The van der Waals surface area contributed by atoms with Gasteiger partial charge < -0.3 is 10.8 Å². The van der Waals surface area contributed by atoms with Crippen LogP contribution >= 0.6 is 0 Å². The Labute approximate surface area is 125 Å². The van der Waals surface area contributed by atoms with Crippen LogP contribution in [0.4, 0.5) is 5.69 Å². The Hall–Kier alpha value is -1.46. The number of nitrogens with zero attached hydrogens (tertiary/aromatic N) is 1. The molecule has 0 aromatic heterocycles. The van der Waals surface area contributed by atoms with Crippen LogP contribution in [0.3, 0.4) is 0 Å². The van der Waals surface area contributed by atoms with Crippen LogP contribution in [0.15, 0.2) is 24.3 Å². The maximum atomic E-state index is 10.6. The maximum Gasteiger partial charge on any atom is 0.269 e. The fourth-order valence-corrected chi connectivity index (χ4v) is 3.43. The van der Waals surface area contributed by atoms with Gasteiger partial charge in [-0.1, -0.05) is 26.0 Å². The lowest BCUT2D eigenvalue weighted by atomic mass is 9.74. The molecule has 2 unspecified atom stereocenters. The first kappa shape index (κ1) is 15.9. The lowest BCUT2D eigenvalue weighted by Gasteiger charge is -2.36. The van der Waals surface area contributed by atoms with E-state index in [0.29, 0.717) is 6.54 Å². The van der Waals surface area contributed by atoms with Gasteiger partial charge in [0.2, 0.25) is 0 Å². The van der Waals surface area contributed by atoms with Crippen molar-refractivity contribution in [3.05, 3.63) is 39.9 Å². The standard InChI is InChI=1S/C16H24N2O3/c1-15(2)9-10-16(11-17,14(15)19)8-7-12-3-5-13(6-4-12)18(20)21/h3-6,14,19H,7-11,17H2,1-2H3. The van der Waals surface area contributed by atoms with E-state index in [-0.39, 0.29) is 16.5 Å². The minimum Gasteiger partial charge on any atom is -0.392 e. The normalized spacial score (nSPS) is 27.7. The van der Waals surface area contributed by atoms with Crippen LogP contribution in [-0.2, 0) is 6.42 Å². The molecule has 1 aromatic rings. The zero-order valence-corrected chi connectivity index (χ0v) is 12.7. The summed E-state index contributed by atoms with van der Waals surface area (Å²) in [5, 5.41) is 21.2. The third-order valence-corrected chi connectivity index (χ3v) is 5.05. The Kier molecular flexibility index (Phi) is 4.35. The second-order valence-corrected chi connectivity index (χ2v) is 6.88. The molecule has 0 saturated heterocycles. The van der Waals surface area contributed by atoms with Crippen LogP contribution in [0.5, 0.6) is 0 Å². The third-order valence-electron chi connectivity index (χ3n) is 5.05. The minimum absolute atomic E-state index is 0.0884. The van der Waals surface area contributed by atoms with Gasteiger partial charge in [0.25, 0.3) is 5.69 Å². The van der Waals surface area contributed by atoms with Crippen molar-refractivity contribution in [2.24, 2.45) is 16.6 Å². The van der Waals surface area contributed by atoms with Crippen molar-refractivity contribution < 1.29 is 10.0 Å². The Balaban J connectivity index is 2.06. The molecule has 5 nitrogen and oxygen atoms in total. The molecule has 116 valence electrons. The van der Waals surface area contributed by atoms with Gasteiger partial charge in [-0.25, -0.2) is 0 Å². The first-order valence-electron chi connectivity index (χ1n) is 7.42. The summed E-state index contributed by atoms with van der Waals surface area (Å²) >= 11 is 0. The second kappa shape index (κ2) is 5.73. The highest BCUT2D eigenvalue weighted by Gasteiger charge is 2.50. The van der Waals surface area contributed by atoms with E-state index in [1.54, 1.807) is 12.1 Å². The monoisotopic (exact) mass is 292 g/mol. The number of nitro groups is 1. The first-order valence-corrected chi connectivity index (χ1v) is 7.42. The molecule has 1 aromatic carbocycles. The molecule has 3 N–H and O–H groups in total. The number of aliphatic hydroxyl groups is 1. The number of nitro benzene ring substituents is 1. The molecule has 0 bridgehead atoms. The number of benzene rings is 1. The summed E-state index contributed by atoms with van der Waals surface area (Å²) in [4.78, 5) is 10.3. The highest BCUT2D eigenvalue weighted by molar-refractivity contribution is 5.33. The Morgan fingerprint density at radius 2 is 1.95 bits per heavy atom. The molecule has 21 heavy (non-hydrogen) atoms. The quantitative estimate of drug-likeness (QED) is 0.645. The molecule has 0 radical (unpaired) electrons. The number of hydrogen-bond donors (Lipinski definition) is 2. The van der Waals surface area contributed by atoms with E-state index < -0.39 is 11.0 Å². The van der Waals surface area contributed by atoms with Crippen LogP contribution in [0, 0.1) is 20.9 Å². The van der Waals surface area contributed by atoms with E-state index in [1.807, 2.05) is 0 Å². The minimum atomic E-state index is -0.395. The van der Waals surface area contributed by atoms with Crippen molar-refractivity contribution in [2.45, 2.75) is 45.6 Å². The number of nitrogens with two attached hydrogens (primary N) is 1. The molecule has 0 amide bonds. The Morgan fingerprint density at radius 1 is 1.33 bits per heavy atom. The van der Waals surface area contributed by atoms with Crippen LogP contribution in [-0.4, -0.2) is 22.7 Å². The largest absolute Gasteiger partial charge is 0.392 e. The Morgan fingerprint density at radius 3 is 2.38 bits per heavy atom. The molecule has 1 saturated carbocycles. The number of aryl methyl sites for hydroxylation is 1. The molecule has 2 rings (SSSR count). The summed E-state index contributed by atoms with van der Waals surface area (Å²) < 4.78 is 0. The van der Waals surface area contributed by atoms with Crippen molar-refractivity contribution >= 4 is 5.69 Å². The lowest BCUT2D eigenvalue weighted by Crippen LogP contribution is -2.43. The van der Waals surface area contributed by atoms with Gasteiger partial charge in [-0.15, -0.1) is 0 Å². The van der Waals surface area contributed by atoms with Crippen molar-refractivity contribution in [3.8, 4) is 0 Å². The molecular weight excluding hydrogens is 268 g/mol. The summed E-state index contributed by atoms with van der Waals surface area (Å²) in [7, 11) is 0. The maximum absolute atomic E-state index is 10.6. The van der Waals surface area contributed by atoms with E-state index in [0.717, 1.165) is 31.2 Å². The van der Waals surface area contributed by atoms with Gasteiger partial charge in [0.1, 0.15) is 0 Å². The molecular formula is C16H24N2O3. The van der Waals surface area contributed by atoms with E-state index >= 15 is 0 Å². The predicted molar refractivity (Wildman–Crippen MR) is 81.9 cm³/mol. The van der Waals surface area contributed by atoms with Gasteiger partial charge in [-0.3, -0.25) is 10.1 Å². The zero-order chi connectivity index (χ0) is 15.7. The number of non-ortho nitro benzene ring substituents is 1. The summed E-state index contributed by atoms with van der Waals surface area (Å²) in [6, 6.07) is 6.63. The van der Waals surface area contributed by atoms with Crippen LogP contribution in [0.25, 0.3) is 0 Å². The van der Waals surface area contributed by atoms with Gasteiger partial charge in [-0.2, -0.15) is 0 Å². The van der Waals surface area contributed by atoms with E-state index in [9.17, 15) is 15.2 Å². The number of aliphatic hydroxyl groups excluding tert-OH is 1. The summed E-state index contributed by atoms with van der Waals surface area (Å²) in [6.45, 7) is 4.65. The Bertz CT molecular complexity index is 513. The molecule has 0 spiro atoms. The van der Waals surface area contributed by atoms with Gasteiger partial charge in [0.15, 0.2) is 0 Å². The van der Waals surface area contributed by atoms with E-state index in [4.69, 9.17) is 5.73 Å². The topological polar surface area (TPSA) is 89.4 Å². The number of rotatable bonds is 5. The average molecular weight is 292 g/mol. The molecule has 0 aliphatic heterocycles. The van der Waals surface area contributed by atoms with Gasteiger partial charge in [-0.05, 0) is 36.7 Å². The van der Waals surface area contributed by atoms with Crippen LogP contribution < -0.4 is 5.73 Å². The number of hydrogen-bond acceptors (Lipinski definition) is 4. The third kappa shape index (κ3) is 3.09. The van der Waals surface area contributed by atoms with Crippen molar-refractivity contribution in [3.63, 3.8) is 0 Å². The van der Waals surface area contributed by atoms with Gasteiger partial charge in [0.05, 0.1) is 11.0 Å². The van der Waals surface area contributed by atoms with Gasteiger partial charge in [0, 0.05) is 24.1 Å². The SMILES string of the molecule is CC1(C)CCC(CN)(CCc2ccc([N+](=O)[O-])cc2)C1O. The molecule has 1 aliphatic carbocycles. The molecule has 2 atom stereocenters. The average Bonchev–Trinajstić information content (AvgIpc) is 2.70.